The summed E-state index contributed by atoms with van der Waals surface area (Å²) in [5.74, 6) is 0.910. The van der Waals surface area contributed by atoms with Crippen LogP contribution in [-0.4, -0.2) is 38.6 Å². The zero-order valence-electron chi connectivity index (χ0n) is 16.5. The molecular weight excluding hydrogens is 347 g/mol. The molecular formula is C21H27FN2O3. The summed E-state index contributed by atoms with van der Waals surface area (Å²) in [5.41, 5.74) is 2.80. The largest absolute Gasteiger partial charge is 0.493 e. The fourth-order valence-corrected chi connectivity index (χ4v) is 3.08. The minimum Gasteiger partial charge on any atom is -0.493 e. The lowest BCUT2D eigenvalue weighted by Gasteiger charge is -2.21. The molecule has 0 radical (unpaired) electrons. The normalized spacial score (nSPS) is 12.0. The standard InChI is InChI=1S/C21H27FN2O3/c1-14-9-19(26-4)20(27-5)11-18(14)15(2)23-21(25)13-24(3)12-16-7-6-8-17(22)10-16/h6-11,15H,12-13H2,1-5H3,(H,23,25). The predicted molar refractivity (Wildman–Crippen MR) is 104 cm³/mol. The van der Waals surface area contributed by atoms with Crippen molar-refractivity contribution in [1.29, 1.82) is 0 Å². The highest BCUT2D eigenvalue weighted by Crippen LogP contribution is 2.32. The van der Waals surface area contributed by atoms with Gasteiger partial charge in [0.05, 0.1) is 26.8 Å². The maximum atomic E-state index is 13.3. The van der Waals surface area contributed by atoms with Gasteiger partial charge in [0.2, 0.25) is 5.91 Å². The van der Waals surface area contributed by atoms with Crippen LogP contribution >= 0.6 is 0 Å². The van der Waals surface area contributed by atoms with E-state index in [9.17, 15) is 9.18 Å². The number of benzene rings is 2. The van der Waals surface area contributed by atoms with E-state index in [4.69, 9.17) is 9.47 Å². The Morgan fingerprint density at radius 3 is 2.48 bits per heavy atom. The second kappa shape index (κ2) is 9.37. The van der Waals surface area contributed by atoms with Crippen molar-refractivity contribution in [2.75, 3.05) is 27.8 Å². The van der Waals surface area contributed by atoms with Gasteiger partial charge in [-0.3, -0.25) is 9.69 Å². The number of rotatable bonds is 8. The van der Waals surface area contributed by atoms with Gasteiger partial charge >= 0.3 is 0 Å². The summed E-state index contributed by atoms with van der Waals surface area (Å²) in [4.78, 5) is 14.2. The molecule has 0 saturated carbocycles. The molecule has 1 unspecified atom stereocenters. The Balaban J connectivity index is 1.98. The van der Waals surface area contributed by atoms with Crippen LogP contribution in [0.2, 0.25) is 0 Å². The summed E-state index contributed by atoms with van der Waals surface area (Å²) in [7, 11) is 5.01. The van der Waals surface area contributed by atoms with Gasteiger partial charge in [0, 0.05) is 6.54 Å². The average Bonchev–Trinajstić information content (AvgIpc) is 2.60. The summed E-state index contributed by atoms with van der Waals surface area (Å²) in [6.07, 6.45) is 0. The van der Waals surface area contributed by atoms with E-state index < -0.39 is 0 Å². The molecule has 5 nitrogen and oxygen atoms in total. The maximum absolute atomic E-state index is 13.3. The maximum Gasteiger partial charge on any atom is 0.234 e. The first kappa shape index (κ1) is 20.7. The highest BCUT2D eigenvalue weighted by Gasteiger charge is 2.16. The number of hydrogen-bond donors (Lipinski definition) is 1. The number of methoxy groups -OCH3 is 2. The summed E-state index contributed by atoms with van der Waals surface area (Å²) < 4.78 is 23.9. The summed E-state index contributed by atoms with van der Waals surface area (Å²) in [5, 5.41) is 3.00. The van der Waals surface area contributed by atoms with Crippen molar-refractivity contribution in [2.24, 2.45) is 0 Å². The van der Waals surface area contributed by atoms with Gasteiger partial charge in [0.15, 0.2) is 11.5 Å². The van der Waals surface area contributed by atoms with Crippen molar-refractivity contribution in [2.45, 2.75) is 26.4 Å². The number of hydrogen-bond acceptors (Lipinski definition) is 4. The molecule has 0 saturated heterocycles. The molecule has 1 amide bonds. The quantitative estimate of drug-likeness (QED) is 0.769. The molecule has 6 heteroatoms. The van der Waals surface area contributed by atoms with E-state index in [2.05, 4.69) is 5.32 Å². The number of carbonyl (C=O) groups excluding carboxylic acids is 1. The molecule has 0 aliphatic rings. The Morgan fingerprint density at radius 2 is 1.85 bits per heavy atom. The van der Waals surface area contributed by atoms with Gasteiger partial charge in [-0.15, -0.1) is 0 Å². The molecule has 2 aromatic carbocycles. The highest BCUT2D eigenvalue weighted by molar-refractivity contribution is 5.78. The number of halogens is 1. The second-order valence-corrected chi connectivity index (χ2v) is 6.66. The Morgan fingerprint density at radius 1 is 1.19 bits per heavy atom. The lowest BCUT2D eigenvalue weighted by molar-refractivity contribution is -0.122. The van der Waals surface area contributed by atoms with Gasteiger partial charge in [0.1, 0.15) is 5.82 Å². The van der Waals surface area contributed by atoms with Gasteiger partial charge in [-0.2, -0.15) is 0 Å². The number of likely N-dealkylation sites (N-methyl/N-ethyl adjacent to an activating group) is 1. The molecule has 0 heterocycles. The summed E-state index contributed by atoms with van der Waals surface area (Å²) in [6.45, 7) is 4.61. The molecule has 2 rings (SSSR count). The lowest BCUT2D eigenvalue weighted by Crippen LogP contribution is -2.36. The highest BCUT2D eigenvalue weighted by atomic mass is 19.1. The molecule has 0 bridgehead atoms. The first-order valence-corrected chi connectivity index (χ1v) is 8.79. The van der Waals surface area contributed by atoms with Crippen LogP contribution in [0.5, 0.6) is 11.5 Å². The van der Waals surface area contributed by atoms with E-state index in [1.807, 2.05) is 44.0 Å². The lowest BCUT2D eigenvalue weighted by atomic mass is 10.0. The minimum absolute atomic E-state index is 0.101. The van der Waals surface area contributed by atoms with Crippen molar-refractivity contribution >= 4 is 5.91 Å². The fraction of sp³-hybridized carbons (Fsp3) is 0.381. The predicted octanol–water partition coefficient (Wildman–Crippen LogP) is 3.46. The smallest absolute Gasteiger partial charge is 0.234 e. The Kier molecular flexibility index (Phi) is 7.19. The Bertz CT molecular complexity index is 795. The molecule has 1 atom stereocenters. The molecule has 0 spiro atoms. The van der Waals surface area contributed by atoms with Crippen LogP contribution in [0.1, 0.15) is 29.7 Å². The van der Waals surface area contributed by atoms with Crippen molar-refractivity contribution < 1.29 is 18.7 Å². The number of carbonyl (C=O) groups is 1. The van der Waals surface area contributed by atoms with Crippen LogP contribution in [0, 0.1) is 12.7 Å². The van der Waals surface area contributed by atoms with Crippen LogP contribution in [0.4, 0.5) is 4.39 Å². The SMILES string of the molecule is COc1cc(C)c(C(C)NC(=O)CN(C)Cc2cccc(F)c2)cc1OC. The van der Waals surface area contributed by atoms with E-state index in [1.54, 1.807) is 20.3 Å². The van der Waals surface area contributed by atoms with Gasteiger partial charge in [-0.25, -0.2) is 4.39 Å². The van der Waals surface area contributed by atoms with Crippen LogP contribution in [0.15, 0.2) is 36.4 Å². The number of nitrogens with zero attached hydrogens (tertiary/aromatic N) is 1. The molecule has 146 valence electrons. The molecule has 0 aliphatic carbocycles. The first-order chi connectivity index (χ1) is 12.8. The molecule has 27 heavy (non-hydrogen) atoms. The fourth-order valence-electron chi connectivity index (χ4n) is 3.08. The number of aryl methyl sites for hydroxylation is 1. The van der Waals surface area contributed by atoms with Crippen LogP contribution in [-0.2, 0) is 11.3 Å². The van der Waals surface area contributed by atoms with Crippen LogP contribution in [0.3, 0.4) is 0 Å². The van der Waals surface area contributed by atoms with Crippen molar-refractivity contribution in [3.05, 3.63) is 58.9 Å². The van der Waals surface area contributed by atoms with Crippen molar-refractivity contribution in [3.8, 4) is 11.5 Å². The third-order valence-electron chi connectivity index (χ3n) is 4.37. The van der Waals surface area contributed by atoms with Crippen molar-refractivity contribution in [1.82, 2.24) is 10.2 Å². The third kappa shape index (κ3) is 5.69. The zero-order chi connectivity index (χ0) is 20.0. The third-order valence-corrected chi connectivity index (χ3v) is 4.37. The van der Waals surface area contributed by atoms with E-state index in [0.717, 1.165) is 16.7 Å². The summed E-state index contributed by atoms with van der Waals surface area (Å²) >= 11 is 0. The average molecular weight is 374 g/mol. The topological polar surface area (TPSA) is 50.8 Å². The van der Waals surface area contributed by atoms with E-state index in [1.165, 1.54) is 12.1 Å². The second-order valence-electron chi connectivity index (χ2n) is 6.66. The molecule has 1 N–H and O–H groups in total. The minimum atomic E-state index is -0.275. The number of amides is 1. The molecule has 2 aromatic rings. The zero-order valence-corrected chi connectivity index (χ0v) is 16.5. The Hall–Kier alpha value is -2.60. The van der Waals surface area contributed by atoms with Gasteiger partial charge in [0.25, 0.3) is 0 Å². The van der Waals surface area contributed by atoms with Gasteiger partial charge in [-0.05, 0) is 61.9 Å². The Labute approximate surface area is 160 Å². The summed E-state index contributed by atoms with van der Waals surface area (Å²) in [6, 6.07) is 9.99. The van der Waals surface area contributed by atoms with E-state index in [0.29, 0.717) is 18.0 Å². The van der Waals surface area contributed by atoms with Gasteiger partial charge in [-0.1, -0.05) is 12.1 Å². The molecule has 0 fully saturated rings. The van der Waals surface area contributed by atoms with Crippen molar-refractivity contribution in [3.63, 3.8) is 0 Å². The number of nitrogens with one attached hydrogen (secondary N) is 1. The molecule has 0 aliphatic heterocycles. The van der Waals surface area contributed by atoms with Gasteiger partial charge < -0.3 is 14.8 Å². The van der Waals surface area contributed by atoms with Crippen LogP contribution < -0.4 is 14.8 Å². The monoisotopic (exact) mass is 374 g/mol. The van der Waals surface area contributed by atoms with E-state index >= 15 is 0 Å². The van der Waals surface area contributed by atoms with E-state index in [-0.39, 0.29) is 24.3 Å². The van der Waals surface area contributed by atoms with Crippen LogP contribution in [0.25, 0.3) is 0 Å². The number of ether oxygens (including phenoxy) is 2. The molecule has 0 aromatic heterocycles. The first-order valence-electron chi connectivity index (χ1n) is 8.79.